The molecule has 4 heteroatoms. The van der Waals surface area contributed by atoms with Crippen molar-refractivity contribution in [1.82, 2.24) is 4.90 Å². The molecular formula is C16H23NO2S. The van der Waals surface area contributed by atoms with E-state index < -0.39 is 0 Å². The van der Waals surface area contributed by atoms with Gasteiger partial charge in [-0.05, 0) is 25.1 Å². The second-order valence-corrected chi connectivity index (χ2v) is 7.42. The number of ketones is 1. The van der Waals surface area contributed by atoms with Crippen LogP contribution in [0.25, 0.3) is 0 Å². The van der Waals surface area contributed by atoms with Crippen LogP contribution in [0.2, 0.25) is 0 Å². The highest BCUT2D eigenvalue weighted by atomic mass is 32.2. The van der Waals surface area contributed by atoms with Gasteiger partial charge in [0, 0.05) is 41.3 Å². The van der Waals surface area contributed by atoms with E-state index in [4.69, 9.17) is 4.74 Å². The molecule has 0 radical (unpaired) electrons. The van der Waals surface area contributed by atoms with Crippen LogP contribution in [-0.2, 0) is 6.54 Å². The van der Waals surface area contributed by atoms with Gasteiger partial charge in [0.05, 0.1) is 7.11 Å². The minimum absolute atomic E-state index is 0.102. The average Bonchev–Trinajstić information content (AvgIpc) is 2.37. The van der Waals surface area contributed by atoms with Gasteiger partial charge in [0.15, 0.2) is 5.78 Å². The average molecular weight is 293 g/mol. The molecule has 0 bridgehead atoms. The molecule has 3 nitrogen and oxygen atoms in total. The molecule has 2 unspecified atom stereocenters. The Morgan fingerprint density at radius 2 is 2.00 bits per heavy atom. The van der Waals surface area contributed by atoms with Gasteiger partial charge in [-0.1, -0.05) is 13.8 Å². The third-order valence-electron chi connectivity index (χ3n) is 3.58. The van der Waals surface area contributed by atoms with Crippen molar-refractivity contribution in [2.45, 2.75) is 37.8 Å². The number of hydrogen-bond donors (Lipinski definition) is 0. The molecule has 1 aromatic rings. The molecule has 2 rings (SSSR count). The second kappa shape index (κ2) is 6.64. The van der Waals surface area contributed by atoms with Gasteiger partial charge in [0.2, 0.25) is 0 Å². The van der Waals surface area contributed by atoms with Crippen LogP contribution in [0.15, 0.2) is 18.2 Å². The summed E-state index contributed by atoms with van der Waals surface area (Å²) in [5.41, 5.74) is 1.86. The molecule has 1 aliphatic heterocycles. The maximum absolute atomic E-state index is 11.5. The van der Waals surface area contributed by atoms with E-state index in [-0.39, 0.29) is 5.78 Å². The molecule has 0 amide bonds. The minimum atomic E-state index is 0.102. The Hall–Kier alpha value is -1.00. The Balaban J connectivity index is 2.18. The normalized spacial score (nSPS) is 23.6. The van der Waals surface area contributed by atoms with Crippen molar-refractivity contribution < 1.29 is 9.53 Å². The van der Waals surface area contributed by atoms with Gasteiger partial charge < -0.3 is 4.74 Å². The number of rotatable bonds is 4. The number of thioether (sulfide) groups is 1. The number of hydrogen-bond acceptors (Lipinski definition) is 4. The van der Waals surface area contributed by atoms with E-state index in [1.165, 1.54) is 0 Å². The fourth-order valence-corrected chi connectivity index (χ4v) is 4.16. The highest BCUT2D eigenvalue weighted by Crippen LogP contribution is 2.28. The maximum atomic E-state index is 11.5. The molecule has 1 saturated heterocycles. The van der Waals surface area contributed by atoms with E-state index in [0.29, 0.717) is 10.5 Å². The second-order valence-electron chi connectivity index (χ2n) is 5.53. The molecule has 20 heavy (non-hydrogen) atoms. The molecule has 0 N–H and O–H groups in total. The summed E-state index contributed by atoms with van der Waals surface area (Å²) in [5.74, 6) is 0.971. The van der Waals surface area contributed by atoms with E-state index in [9.17, 15) is 4.79 Å². The lowest BCUT2D eigenvalue weighted by Crippen LogP contribution is -2.39. The third-order valence-corrected chi connectivity index (χ3v) is 4.80. The Labute approximate surface area is 125 Å². The predicted molar refractivity (Wildman–Crippen MR) is 84.8 cm³/mol. The van der Waals surface area contributed by atoms with Crippen LogP contribution < -0.4 is 4.74 Å². The van der Waals surface area contributed by atoms with E-state index in [0.717, 1.165) is 36.5 Å². The third kappa shape index (κ3) is 3.76. The lowest BCUT2D eigenvalue weighted by Gasteiger charge is -2.34. The Kier molecular flexibility index (Phi) is 5.11. The zero-order valence-corrected chi connectivity index (χ0v) is 13.5. The van der Waals surface area contributed by atoms with E-state index >= 15 is 0 Å². The van der Waals surface area contributed by atoms with Gasteiger partial charge in [-0.2, -0.15) is 11.8 Å². The topological polar surface area (TPSA) is 29.5 Å². The summed E-state index contributed by atoms with van der Waals surface area (Å²) in [5, 5.41) is 1.31. The number of benzene rings is 1. The SMILES string of the molecule is COc1ccc(C(C)=O)cc1CN1CC(C)SC(C)C1. The summed E-state index contributed by atoms with van der Waals surface area (Å²) in [6.45, 7) is 9.17. The lowest BCUT2D eigenvalue weighted by atomic mass is 10.1. The zero-order valence-electron chi connectivity index (χ0n) is 12.7. The van der Waals surface area contributed by atoms with Crippen molar-refractivity contribution >= 4 is 17.5 Å². The predicted octanol–water partition coefficient (Wildman–Crippen LogP) is 3.22. The van der Waals surface area contributed by atoms with Crippen LogP contribution in [0.3, 0.4) is 0 Å². The standard InChI is InChI=1S/C16H23NO2S/c1-11-8-17(9-12(2)20-11)10-15-7-14(13(3)18)5-6-16(15)19-4/h5-7,11-12H,8-10H2,1-4H3. The van der Waals surface area contributed by atoms with Crippen LogP contribution in [-0.4, -0.2) is 41.4 Å². The highest BCUT2D eigenvalue weighted by molar-refractivity contribution is 8.00. The summed E-state index contributed by atoms with van der Waals surface area (Å²) >= 11 is 2.05. The minimum Gasteiger partial charge on any atom is -0.496 e. The lowest BCUT2D eigenvalue weighted by molar-refractivity contribution is 0.101. The molecule has 1 aromatic carbocycles. The first-order valence-corrected chi connectivity index (χ1v) is 7.99. The fraction of sp³-hybridized carbons (Fsp3) is 0.562. The number of carbonyl (C=O) groups excluding carboxylic acids is 1. The molecular weight excluding hydrogens is 270 g/mol. The van der Waals surface area contributed by atoms with Gasteiger partial charge in [-0.3, -0.25) is 9.69 Å². The Morgan fingerprint density at radius 3 is 2.55 bits per heavy atom. The summed E-state index contributed by atoms with van der Waals surface area (Å²) < 4.78 is 5.43. The fourth-order valence-electron chi connectivity index (χ4n) is 2.78. The van der Waals surface area contributed by atoms with Crippen LogP contribution in [0, 0.1) is 0 Å². The quantitative estimate of drug-likeness (QED) is 0.797. The van der Waals surface area contributed by atoms with Crippen molar-refractivity contribution in [3.8, 4) is 5.75 Å². The van der Waals surface area contributed by atoms with Crippen LogP contribution in [0.5, 0.6) is 5.75 Å². The first-order chi connectivity index (χ1) is 9.49. The van der Waals surface area contributed by atoms with Crippen molar-refractivity contribution in [3.63, 3.8) is 0 Å². The van der Waals surface area contributed by atoms with Gasteiger partial charge in [-0.25, -0.2) is 0 Å². The summed E-state index contributed by atoms with van der Waals surface area (Å²) in [6.07, 6.45) is 0. The molecule has 0 aliphatic carbocycles. The number of Topliss-reactive ketones (excluding diaryl/α,β-unsaturated/α-hetero) is 1. The largest absolute Gasteiger partial charge is 0.496 e. The molecule has 0 spiro atoms. The van der Waals surface area contributed by atoms with Gasteiger partial charge in [0.1, 0.15) is 5.75 Å². The van der Waals surface area contributed by atoms with Gasteiger partial charge >= 0.3 is 0 Å². The van der Waals surface area contributed by atoms with Crippen molar-refractivity contribution in [2.75, 3.05) is 20.2 Å². The van der Waals surface area contributed by atoms with Gasteiger partial charge in [-0.15, -0.1) is 0 Å². The molecule has 2 atom stereocenters. The summed E-state index contributed by atoms with van der Waals surface area (Å²) in [4.78, 5) is 14.0. The number of nitrogens with zero attached hydrogens (tertiary/aromatic N) is 1. The van der Waals surface area contributed by atoms with Crippen molar-refractivity contribution in [2.24, 2.45) is 0 Å². The van der Waals surface area contributed by atoms with E-state index in [1.54, 1.807) is 14.0 Å². The van der Waals surface area contributed by atoms with Gasteiger partial charge in [0.25, 0.3) is 0 Å². The molecule has 1 heterocycles. The highest BCUT2D eigenvalue weighted by Gasteiger charge is 2.23. The smallest absolute Gasteiger partial charge is 0.159 e. The molecule has 0 aromatic heterocycles. The Bertz CT molecular complexity index is 479. The number of carbonyl (C=O) groups is 1. The van der Waals surface area contributed by atoms with Crippen LogP contribution in [0.4, 0.5) is 0 Å². The van der Waals surface area contributed by atoms with Crippen molar-refractivity contribution in [3.05, 3.63) is 29.3 Å². The number of methoxy groups -OCH3 is 1. The molecule has 1 aliphatic rings. The van der Waals surface area contributed by atoms with E-state index in [1.807, 2.05) is 30.0 Å². The monoisotopic (exact) mass is 293 g/mol. The molecule has 0 saturated carbocycles. The van der Waals surface area contributed by atoms with E-state index in [2.05, 4.69) is 18.7 Å². The first kappa shape index (κ1) is 15.4. The Morgan fingerprint density at radius 1 is 1.35 bits per heavy atom. The van der Waals surface area contributed by atoms with Crippen LogP contribution >= 0.6 is 11.8 Å². The summed E-state index contributed by atoms with van der Waals surface area (Å²) in [6, 6.07) is 5.71. The molecule has 110 valence electrons. The zero-order chi connectivity index (χ0) is 14.7. The maximum Gasteiger partial charge on any atom is 0.159 e. The number of ether oxygens (including phenoxy) is 1. The van der Waals surface area contributed by atoms with Crippen molar-refractivity contribution in [1.29, 1.82) is 0 Å². The summed E-state index contributed by atoms with van der Waals surface area (Å²) in [7, 11) is 1.68. The molecule has 1 fully saturated rings. The van der Waals surface area contributed by atoms with Crippen LogP contribution in [0.1, 0.15) is 36.7 Å². The first-order valence-electron chi connectivity index (χ1n) is 7.05.